The second-order valence-electron chi connectivity index (χ2n) is 9.52. The third kappa shape index (κ3) is 6.54. The number of amides is 2. The highest BCUT2D eigenvalue weighted by Gasteiger charge is 2.28. The summed E-state index contributed by atoms with van der Waals surface area (Å²) >= 11 is 6.09. The second kappa shape index (κ2) is 12.8. The molecule has 3 aromatic carbocycles. The van der Waals surface area contributed by atoms with Crippen LogP contribution in [0.25, 0.3) is 11.1 Å². The number of benzene rings is 3. The molecular weight excluding hydrogens is 529 g/mol. The lowest BCUT2D eigenvalue weighted by Crippen LogP contribution is -2.48. The van der Waals surface area contributed by atoms with Crippen LogP contribution in [0.5, 0.6) is 5.75 Å². The van der Waals surface area contributed by atoms with E-state index in [1.165, 1.54) is 12.1 Å². The third-order valence-corrected chi connectivity index (χ3v) is 7.21. The maximum absolute atomic E-state index is 14.1. The SMILES string of the molecule is C=C/C(=C(/Oc1ccc(-c2ccc(F)cc2C)cc1)C(=O)N(CC)c1ccc(Cl)cc1)N1CCN(C(C)=O)CC1. The van der Waals surface area contributed by atoms with Gasteiger partial charge in [-0.25, -0.2) is 4.39 Å². The van der Waals surface area contributed by atoms with Crippen molar-refractivity contribution in [1.29, 1.82) is 0 Å². The Morgan fingerprint density at radius 1 is 1.00 bits per heavy atom. The quantitative estimate of drug-likeness (QED) is 0.180. The van der Waals surface area contributed by atoms with Crippen LogP contribution in [0.2, 0.25) is 5.02 Å². The van der Waals surface area contributed by atoms with E-state index in [1.54, 1.807) is 65.3 Å². The molecular formula is C32H33ClFN3O3. The number of carbonyl (C=O) groups is 2. The van der Waals surface area contributed by atoms with Crippen LogP contribution in [-0.4, -0.2) is 54.3 Å². The number of carbonyl (C=O) groups excluding carboxylic acids is 2. The molecule has 0 aliphatic carbocycles. The number of hydrogen-bond donors (Lipinski definition) is 0. The summed E-state index contributed by atoms with van der Waals surface area (Å²) in [6.07, 6.45) is 1.63. The van der Waals surface area contributed by atoms with Crippen LogP contribution >= 0.6 is 11.6 Å². The molecule has 40 heavy (non-hydrogen) atoms. The Balaban J connectivity index is 1.70. The van der Waals surface area contributed by atoms with E-state index in [9.17, 15) is 14.0 Å². The number of anilines is 1. The van der Waals surface area contributed by atoms with Crippen LogP contribution in [0.15, 0.2) is 90.8 Å². The van der Waals surface area contributed by atoms with Gasteiger partial charge in [-0.1, -0.05) is 36.4 Å². The fourth-order valence-corrected chi connectivity index (χ4v) is 4.92. The minimum Gasteiger partial charge on any atom is -0.449 e. The number of hydrogen-bond acceptors (Lipinski definition) is 4. The first-order valence-electron chi connectivity index (χ1n) is 13.2. The lowest BCUT2D eigenvalue weighted by atomic mass is 10.0. The zero-order valence-electron chi connectivity index (χ0n) is 23.0. The highest BCUT2D eigenvalue weighted by atomic mass is 35.5. The van der Waals surface area contributed by atoms with Gasteiger partial charge in [0.1, 0.15) is 11.6 Å². The number of likely N-dealkylation sites (N-methyl/N-ethyl adjacent to an activating group) is 1. The van der Waals surface area contributed by atoms with Crippen molar-refractivity contribution in [2.75, 3.05) is 37.6 Å². The van der Waals surface area contributed by atoms with Crippen LogP contribution in [0.4, 0.5) is 10.1 Å². The first kappa shape index (κ1) is 28.9. The van der Waals surface area contributed by atoms with Gasteiger partial charge in [0.15, 0.2) is 0 Å². The molecule has 3 aromatic rings. The van der Waals surface area contributed by atoms with E-state index in [-0.39, 0.29) is 23.4 Å². The minimum absolute atomic E-state index is 0.0210. The first-order chi connectivity index (χ1) is 19.2. The standard InChI is InChI=1S/C32H33ClFN3O3/c1-5-30(36-19-17-35(18-20-36)23(4)38)31(32(39)37(6-2)27-12-9-25(33)10-13-27)40-28-14-7-24(8-15-28)29-16-11-26(34)21-22(29)3/h5,7-16,21H,1,6,17-20H2,2-4H3/b31-30-. The summed E-state index contributed by atoms with van der Waals surface area (Å²) in [4.78, 5) is 31.4. The van der Waals surface area contributed by atoms with E-state index in [0.29, 0.717) is 54.9 Å². The maximum Gasteiger partial charge on any atom is 0.296 e. The van der Waals surface area contributed by atoms with Crippen LogP contribution in [-0.2, 0) is 9.59 Å². The molecule has 0 radical (unpaired) electrons. The Labute approximate surface area is 239 Å². The van der Waals surface area contributed by atoms with Crippen molar-refractivity contribution in [1.82, 2.24) is 9.80 Å². The van der Waals surface area contributed by atoms with Crippen molar-refractivity contribution >= 4 is 29.1 Å². The molecule has 2 amide bonds. The summed E-state index contributed by atoms with van der Waals surface area (Å²) in [5, 5.41) is 0.575. The van der Waals surface area contributed by atoms with Crippen molar-refractivity contribution in [3.63, 3.8) is 0 Å². The average Bonchev–Trinajstić information content (AvgIpc) is 2.95. The number of nitrogens with zero attached hydrogens (tertiary/aromatic N) is 3. The molecule has 0 saturated carbocycles. The lowest BCUT2D eigenvalue weighted by molar-refractivity contribution is -0.130. The molecule has 1 aliphatic rings. The molecule has 0 N–H and O–H groups in total. The van der Waals surface area contributed by atoms with Crippen molar-refractivity contribution in [2.45, 2.75) is 20.8 Å². The van der Waals surface area contributed by atoms with Gasteiger partial charge in [0.05, 0.1) is 5.70 Å². The largest absolute Gasteiger partial charge is 0.449 e. The maximum atomic E-state index is 14.1. The third-order valence-electron chi connectivity index (χ3n) is 6.96. The van der Waals surface area contributed by atoms with Crippen molar-refractivity contribution in [3.05, 3.63) is 107 Å². The van der Waals surface area contributed by atoms with Gasteiger partial charge in [0, 0.05) is 50.4 Å². The molecule has 0 atom stereocenters. The van der Waals surface area contributed by atoms with Crippen LogP contribution < -0.4 is 9.64 Å². The van der Waals surface area contributed by atoms with E-state index in [1.807, 2.05) is 30.9 Å². The normalized spacial score (nSPS) is 13.9. The second-order valence-corrected chi connectivity index (χ2v) is 9.96. The molecule has 0 spiro atoms. The summed E-state index contributed by atoms with van der Waals surface area (Å²) in [5.41, 5.74) is 3.88. The fourth-order valence-electron chi connectivity index (χ4n) is 4.79. The van der Waals surface area contributed by atoms with E-state index in [0.717, 1.165) is 16.7 Å². The van der Waals surface area contributed by atoms with Crippen LogP contribution in [0, 0.1) is 12.7 Å². The summed E-state index contributed by atoms with van der Waals surface area (Å²) in [5.74, 6) is 0.0196. The van der Waals surface area contributed by atoms with Crippen molar-refractivity contribution in [3.8, 4) is 16.9 Å². The van der Waals surface area contributed by atoms with Gasteiger partial charge in [0.25, 0.3) is 5.91 Å². The van der Waals surface area contributed by atoms with E-state index < -0.39 is 0 Å². The fraction of sp³-hybridized carbons (Fsp3) is 0.250. The Kier molecular flexibility index (Phi) is 9.27. The van der Waals surface area contributed by atoms with Crippen molar-refractivity contribution in [2.24, 2.45) is 0 Å². The number of piperazine rings is 1. The molecule has 208 valence electrons. The van der Waals surface area contributed by atoms with Gasteiger partial charge in [-0.15, -0.1) is 0 Å². The number of rotatable bonds is 8. The number of aryl methyl sites for hydroxylation is 1. The Morgan fingerprint density at radius 3 is 2.17 bits per heavy atom. The Bertz CT molecular complexity index is 1410. The molecule has 6 nitrogen and oxygen atoms in total. The van der Waals surface area contributed by atoms with Gasteiger partial charge in [-0.05, 0) is 85.1 Å². The Hall–Kier alpha value is -4.10. The summed E-state index contributed by atoms with van der Waals surface area (Å²) in [7, 11) is 0. The zero-order valence-corrected chi connectivity index (χ0v) is 23.7. The Morgan fingerprint density at radius 2 is 1.62 bits per heavy atom. The van der Waals surface area contributed by atoms with E-state index in [4.69, 9.17) is 16.3 Å². The zero-order chi connectivity index (χ0) is 28.8. The van der Waals surface area contributed by atoms with Gasteiger partial charge in [0.2, 0.25) is 11.7 Å². The number of allylic oxidation sites excluding steroid dienone is 1. The van der Waals surface area contributed by atoms with Gasteiger partial charge in [-0.2, -0.15) is 0 Å². The summed E-state index contributed by atoms with van der Waals surface area (Å²) in [6, 6.07) is 19.1. The van der Waals surface area contributed by atoms with Crippen molar-refractivity contribution < 1.29 is 18.7 Å². The average molecular weight is 562 g/mol. The van der Waals surface area contributed by atoms with Crippen LogP contribution in [0.3, 0.4) is 0 Å². The van der Waals surface area contributed by atoms with Gasteiger partial charge in [-0.3, -0.25) is 9.59 Å². The van der Waals surface area contributed by atoms with E-state index in [2.05, 4.69) is 6.58 Å². The predicted octanol–water partition coefficient (Wildman–Crippen LogP) is 6.45. The highest BCUT2D eigenvalue weighted by Crippen LogP contribution is 2.29. The molecule has 0 bridgehead atoms. The molecule has 1 aliphatic heterocycles. The molecule has 1 fully saturated rings. The minimum atomic E-state index is -0.327. The van der Waals surface area contributed by atoms with Gasteiger partial charge >= 0.3 is 0 Å². The molecule has 8 heteroatoms. The van der Waals surface area contributed by atoms with Crippen LogP contribution in [0.1, 0.15) is 19.4 Å². The monoisotopic (exact) mass is 561 g/mol. The molecule has 0 unspecified atom stereocenters. The number of halogens is 2. The number of ether oxygens (including phenoxy) is 1. The van der Waals surface area contributed by atoms with E-state index >= 15 is 0 Å². The predicted molar refractivity (Wildman–Crippen MR) is 158 cm³/mol. The highest BCUT2D eigenvalue weighted by molar-refractivity contribution is 6.30. The van der Waals surface area contributed by atoms with Gasteiger partial charge < -0.3 is 19.4 Å². The smallest absolute Gasteiger partial charge is 0.296 e. The summed E-state index contributed by atoms with van der Waals surface area (Å²) < 4.78 is 19.9. The summed E-state index contributed by atoms with van der Waals surface area (Å²) in [6.45, 7) is 11.9. The molecule has 1 heterocycles. The molecule has 0 aromatic heterocycles. The molecule has 4 rings (SSSR count). The lowest BCUT2D eigenvalue weighted by Gasteiger charge is -2.37. The topological polar surface area (TPSA) is 53.1 Å². The molecule has 1 saturated heterocycles. The first-order valence-corrected chi connectivity index (χ1v) is 13.6.